The molecule has 1 aromatic carbocycles. The summed E-state index contributed by atoms with van der Waals surface area (Å²) in [6.07, 6.45) is 6.84. The number of carbonyl (C=O) groups excluding carboxylic acids is 2. The molecule has 1 aromatic rings. The van der Waals surface area contributed by atoms with E-state index in [1.165, 1.54) is 12.8 Å². The number of amides is 2. The highest BCUT2D eigenvalue weighted by Crippen LogP contribution is 2.18. The Morgan fingerprint density at radius 3 is 2.29 bits per heavy atom. The van der Waals surface area contributed by atoms with E-state index in [0.29, 0.717) is 10.6 Å². The van der Waals surface area contributed by atoms with Crippen molar-refractivity contribution in [3.8, 4) is 0 Å². The van der Waals surface area contributed by atoms with E-state index < -0.39 is 6.04 Å². The zero-order valence-corrected chi connectivity index (χ0v) is 15.2. The van der Waals surface area contributed by atoms with Crippen LogP contribution in [0.1, 0.15) is 62.7 Å². The van der Waals surface area contributed by atoms with Crippen LogP contribution in [0.15, 0.2) is 24.3 Å². The first-order chi connectivity index (χ1) is 11.5. The minimum absolute atomic E-state index is 0.00205. The Balaban J connectivity index is 2.01. The van der Waals surface area contributed by atoms with Gasteiger partial charge in [0.05, 0.1) is 10.6 Å². The van der Waals surface area contributed by atoms with Crippen molar-refractivity contribution in [2.75, 3.05) is 0 Å². The lowest BCUT2D eigenvalue weighted by molar-refractivity contribution is -0.124. The largest absolute Gasteiger partial charge is 0.352 e. The van der Waals surface area contributed by atoms with Crippen molar-refractivity contribution in [3.05, 3.63) is 34.9 Å². The lowest BCUT2D eigenvalue weighted by Gasteiger charge is -2.25. The molecule has 0 unspecified atom stereocenters. The van der Waals surface area contributed by atoms with Crippen LogP contribution < -0.4 is 10.6 Å². The molecule has 0 radical (unpaired) electrons. The highest BCUT2D eigenvalue weighted by atomic mass is 35.5. The number of carbonyl (C=O) groups is 2. The molecule has 0 saturated heterocycles. The second-order valence-electron chi connectivity index (χ2n) is 6.87. The summed E-state index contributed by atoms with van der Waals surface area (Å²) < 4.78 is 0. The minimum atomic E-state index is -0.558. The summed E-state index contributed by atoms with van der Waals surface area (Å²) in [6, 6.07) is 6.54. The molecular weight excluding hydrogens is 324 g/mol. The Bertz CT molecular complexity index is 566. The Kier molecular flexibility index (Phi) is 7.10. The summed E-state index contributed by atoms with van der Waals surface area (Å²) in [5.41, 5.74) is 0.395. The molecule has 1 fully saturated rings. The van der Waals surface area contributed by atoms with Gasteiger partial charge in [0.15, 0.2) is 0 Å². The predicted octanol–water partition coefficient (Wildman–Crippen LogP) is 3.93. The van der Waals surface area contributed by atoms with E-state index in [1.807, 2.05) is 13.8 Å². The fraction of sp³-hybridized carbons (Fsp3) is 0.579. The molecule has 1 aliphatic rings. The quantitative estimate of drug-likeness (QED) is 0.790. The average Bonchev–Trinajstić information content (AvgIpc) is 2.81. The van der Waals surface area contributed by atoms with E-state index in [-0.39, 0.29) is 23.8 Å². The summed E-state index contributed by atoms with van der Waals surface area (Å²) in [6.45, 7) is 3.87. The Morgan fingerprint density at radius 2 is 1.71 bits per heavy atom. The number of hydrogen-bond donors (Lipinski definition) is 2. The molecule has 24 heavy (non-hydrogen) atoms. The number of halogens is 1. The maximum Gasteiger partial charge on any atom is 0.253 e. The zero-order chi connectivity index (χ0) is 17.5. The van der Waals surface area contributed by atoms with Gasteiger partial charge in [-0.15, -0.1) is 0 Å². The van der Waals surface area contributed by atoms with Crippen LogP contribution in [0.2, 0.25) is 5.02 Å². The third-order valence-electron chi connectivity index (χ3n) is 4.56. The van der Waals surface area contributed by atoms with Crippen molar-refractivity contribution in [1.29, 1.82) is 0 Å². The molecule has 0 aliphatic heterocycles. The van der Waals surface area contributed by atoms with Gasteiger partial charge in [0, 0.05) is 6.04 Å². The summed E-state index contributed by atoms with van der Waals surface area (Å²) in [4.78, 5) is 25.1. The Labute approximate surface area is 149 Å². The molecule has 132 valence electrons. The van der Waals surface area contributed by atoms with Crippen LogP contribution >= 0.6 is 11.6 Å². The summed E-state index contributed by atoms with van der Waals surface area (Å²) in [7, 11) is 0. The lowest BCUT2D eigenvalue weighted by Crippen LogP contribution is -2.52. The molecule has 0 bridgehead atoms. The third kappa shape index (κ3) is 5.23. The van der Waals surface area contributed by atoms with Crippen molar-refractivity contribution >= 4 is 23.4 Å². The van der Waals surface area contributed by atoms with Gasteiger partial charge in [-0.25, -0.2) is 0 Å². The van der Waals surface area contributed by atoms with Gasteiger partial charge in [-0.3, -0.25) is 9.59 Å². The van der Waals surface area contributed by atoms with Gasteiger partial charge in [0.2, 0.25) is 5.91 Å². The Morgan fingerprint density at radius 1 is 1.08 bits per heavy atom. The van der Waals surface area contributed by atoms with E-state index in [4.69, 9.17) is 11.6 Å². The topological polar surface area (TPSA) is 58.2 Å². The van der Waals surface area contributed by atoms with Gasteiger partial charge in [-0.05, 0) is 30.9 Å². The molecule has 4 nitrogen and oxygen atoms in total. The van der Waals surface area contributed by atoms with E-state index in [2.05, 4.69) is 10.6 Å². The number of rotatable bonds is 5. The van der Waals surface area contributed by atoms with Gasteiger partial charge in [0.25, 0.3) is 5.91 Å². The lowest BCUT2D eigenvalue weighted by atomic mass is 10.0. The van der Waals surface area contributed by atoms with Gasteiger partial charge in [0.1, 0.15) is 6.04 Å². The number of benzene rings is 1. The van der Waals surface area contributed by atoms with Crippen LogP contribution in [0.3, 0.4) is 0 Å². The highest BCUT2D eigenvalue weighted by Gasteiger charge is 2.27. The number of hydrogen-bond acceptors (Lipinski definition) is 2. The first kappa shape index (κ1) is 18.8. The smallest absolute Gasteiger partial charge is 0.253 e. The molecule has 0 heterocycles. The second-order valence-corrected chi connectivity index (χ2v) is 7.28. The first-order valence-corrected chi connectivity index (χ1v) is 9.22. The SMILES string of the molecule is CC(C)[C@@H](NC(=O)c1ccccc1Cl)C(=O)NC1CCCCCC1. The van der Waals surface area contributed by atoms with Gasteiger partial charge in [-0.2, -0.15) is 0 Å². The van der Waals surface area contributed by atoms with Crippen LogP contribution in [0, 0.1) is 5.92 Å². The van der Waals surface area contributed by atoms with Crippen molar-refractivity contribution in [1.82, 2.24) is 10.6 Å². The maximum absolute atomic E-state index is 12.7. The van der Waals surface area contributed by atoms with Crippen LogP contribution in [0.5, 0.6) is 0 Å². The molecule has 1 atom stereocenters. The summed E-state index contributed by atoms with van der Waals surface area (Å²) in [5, 5.41) is 6.36. The van der Waals surface area contributed by atoms with Crippen molar-refractivity contribution < 1.29 is 9.59 Å². The molecule has 5 heteroatoms. The standard InChI is InChI=1S/C19H27ClN2O2/c1-13(2)17(19(24)21-14-9-5-3-4-6-10-14)22-18(23)15-11-7-8-12-16(15)20/h7-8,11-14,17H,3-6,9-10H2,1-2H3,(H,21,24)(H,22,23)/t17-/m1/s1. The molecule has 1 aliphatic carbocycles. The number of nitrogens with one attached hydrogen (secondary N) is 2. The molecular formula is C19H27ClN2O2. The molecule has 2 rings (SSSR count). The first-order valence-electron chi connectivity index (χ1n) is 8.85. The van der Waals surface area contributed by atoms with E-state index >= 15 is 0 Å². The van der Waals surface area contributed by atoms with Crippen molar-refractivity contribution in [2.24, 2.45) is 5.92 Å². The van der Waals surface area contributed by atoms with Crippen LogP contribution in [-0.4, -0.2) is 23.9 Å². The fourth-order valence-corrected chi connectivity index (χ4v) is 3.34. The maximum atomic E-state index is 12.7. The second kappa shape index (κ2) is 9.07. The zero-order valence-electron chi connectivity index (χ0n) is 14.5. The molecule has 1 saturated carbocycles. The van der Waals surface area contributed by atoms with Crippen LogP contribution in [-0.2, 0) is 4.79 Å². The van der Waals surface area contributed by atoms with Crippen LogP contribution in [0.25, 0.3) is 0 Å². The molecule has 0 spiro atoms. The van der Waals surface area contributed by atoms with E-state index in [1.54, 1.807) is 24.3 Å². The molecule has 0 aromatic heterocycles. The molecule has 2 N–H and O–H groups in total. The van der Waals surface area contributed by atoms with Gasteiger partial charge < -0.3 is 10.6 Å². The molecule has 2 amide bonds. The van der Waals surface area contributed by atoms with Crippen molar-refractivity contribution in [3.63, 3.8) is 0 Å². The predicted molar refractivity (Wildman–Crippen MR) is 97.2 cm³/mol. The minimum Gasteiger partial charge on any atom is -0.352 e. The summed E-state index contributed by atoms with van der Waals surface area (Å²) in [5.74, 6) is -0.408. The highest BCUT2D eigenvalue weighted by molar-refractivity contribution is 6.33. The third-order valence-corrected chi connectivity index (χ3v) is 4.89. The summed E-state index contributed by atoms with van der Waals surface area (Å²) >= 11 is 6.07. The van der Waals surface area contributed by atoms with Crippen LogP contribution in [0.4, 0.5) is 0 Å². The fourth-order valence-electron chi connectivity index (χ4n) is 3.11. The van der Waals surface area contributed by atoms with Gasteiger partial charge in [-0.1, -0.05) is 63.3 Å². The van der Waals surface area contributed by atoms with E-state index in [9.17, 15) is 9.59 Å². The average molecular weight is 351 g/mol. The normalized spacial score (nSPS) is 17.2. The monoisotopic (exact) mass is 350 g/mol. The van der Waals surface area contributed by atoms with Crippen molar-refractivity contribution in [2.45, 2.75) is 64.5 Å². The van der Waals surface area contributed by atoms with Gasteiger partial charge >= 0.3 is 0 Å². The van der Waals surface area contributed by atoms with E-state index in [0.717, 1.165) is 25.7 Å². The Hall–Kier alpha value is -1.55.